The first kappa shape index (κ1) is 12.0. The van der Waals surface area contributed by atoms with Crippen LogP contribution in [-0.2, 0) is 4.74 Å². The summed E-state index contributed by atoms with van der Waals surface area (Å²) in [7, 11) is 2.17. The van der Waals surface area contributed by atoms with Gasteiger partial charge in [0, 0.05) is 18.0 Å². The average Bonchev–Trinajstić information content (AvgIpc) is 2.43. The Labute approximate surface area is 87.6 Å². The third-order valence-corrected chi connectivity index (χ3v) is 3.15. The first-order valence-electron chi connectivity index (χ1n) is 5.60. The minimum atomic E-state index is 0.155. The van der Waals surface area contributed by atoms with E-state index in [9.17, 15) is 0 Å². The van der Waals surface area contributed by atoms with Crippen LogP contribution in [0.1, 0.15) is 26.7 Å². The molecule has 0 amide bonds. The third kappa shape index (κ3) is 2.94. The maximum atomic E-state index is 6.04. The van der Waals surface area contributed by atoms with Crippen molar-refractivity contribution >= 4 is 0 Å². The van der Waals surface area contributed by atoms with Crippen LogP contribution in [0.15, 0.2) is 0 Å². The standard InChI is InChI=1S/C11H24N2O/c1-4-5-6-13(3)8-11(2)9-14-7-10(11)12/h10H,4-9,12H2,1-3H3. The lowest BCUT2D eigenvalue weighted by Crippen LogP contribution is -2.46. The van der Waals surface area contributed by atoms with Crippen molar-refractivity contribution in [2.24, 2.45) is 11.1 Å². The summed E-state index contributed by atoms with van der Waals surface area (Å²) in [5.74, 6) is 0. The highest BCUT2D eigenvalue weighted by Crippen LogP contribution is 2.27. The Bertz CT molecular complexity index is 175. The Morgan fingerprint density at radius 2 is 2.29 bits per heavy atom. The first-order chi connectivity index (χ1) is 6.58. The van der Waals surface area contributed by atoms with Crippen molar-refractivity contribution in [3.8, 4) is 0 Å². The van der Waals surface area contributed by atoms with Crippen LogP contribution in [0, 0.1) is 5.41 Å². The monoisotopic (exact) mass is 200 g/mol. The van der Waals surface area contributed by atoms with E-state index >= 15 is 0 Å². The molecule has 1 fully saturated rings. The molecular formula is C11H24N2O. The summed E-state index contributed by atoms with van der Waals surface area (Å²) in [6.45, 7) is 8.20. The maximum Gasteiger partial charge on any atom is 0.0624 e. The number of ether oxygens (including phenoxy) is 1. The van der Waals surface area contributed by atoms with Gasteiger partial charge in [-0.25, -0.2) is 0 Å². The number of unbranched alkanes of at least 4 members (excludes halogenated alkanes) is 1. The molecule has 2 N–H and O–H groups in total. The van der Waals surface area contributed by atoms with Crippen LogP contribution in [0.3, 0.4) is 0 Å². The van der Waals surface area contributed by atoms with Gasteiger partial charge in [0.25, 0.3) is 0 Å². The Kier molecular flexibility index (Phi) is 4.35. The van der Waals surface area contributed by atoms with Crippen LogP contribution in [0.5, 0.6) is 0 Å². The quantitative estimate of drug-likeness (QED) is 0.722. The van der Waals surface area contributed by atoms with Gasteiger partial charge in [-0.15, -0.1) is 0 Å². The average molecular weight is 200 g/mol. The molecule has 2 atom stereocenters. The zero-order chi connectivity index (χ0) is 10.6. The molecule has 14 heavy (non-hydrogen) atoms. The fraction of sp³-hybridized carbons (Fsp3) is 1.00. The van der Waals surface area contributed by atoms with Gasteiger partial charge in [-0.2, -0.15) is 0 Å². The van der Waals surface area contributed by atoms with E-state index in [0.717, 1.165) is 19.8 Å². The fourth-order valence-electron chi connectivity index (χ4n) is 2.01. The molecule has 1 aliphatic heterocycles. The molecule has 3 nitrogen and oxygen atoms in total. The molecule has 0 aromatic carbocycles. The van der Waals surface area contributed by atoms with E-state index in [-0.39, 0.29) is 11.5 Å². The molecule has 0 aromatic rings. The van der Waals surface area contributed by atoms with Crippen LogP contribution >= 0.6 is 0 Å². The summed E-state index contributed by atoms with van der Waals surface area (Å²) in [4.78, 5) is 2.37. The van der Waals surface area contributed by atoms with Gasteiger partial charge in [-0.1, -0.05) is 20.3 Å². The summed E-state index contributed by atoms with van der Waals surface area (Å²) in [5.41, 5.74) is 6.19. The van der Waals surface area contributed by atoms with Gasteiger partial charge in [0.2, 0.25) is 0 Å². The van der Waals surface area contributed by atoms with Gasteiger partial charge >= 0.3 is 0 Å². The number of hydrogen-bond acceptors (Lipinski definition) is 3. The highest BCUT2D eigenvalue weighted by atomic mass is 16.5. The third-order valence-electron chi connectivity index (χ3n) is 3.15. The van der Waals surface area contributed by atoms with Crippen molar-refractivity contribution in [2.75, 3.05) is 33.4 Å². The maximum absolute atomic E-state index is 6.04. The minimum Gasteiger partial charge on any atom is -0.379 e. The summed E-state index contributed by atoms with van der Waals surface area (Å²) in [6.07, 6.45) is 2.52. The molecule has 0 radical (unpaired) electrons. The van der Waals surface area contributed by atoms with Crippen molar-refractivity contribution in [2.45, 2.75) is 32.7 Å². The van der Waals surface area contributed by atoms with Gasteiger partial charge < -0.3 is 15.4 Å². The van der Waals surface area contributed by atoms with E-state index in [2.05, 4.69) is 25.8 Å². The fourth-order valence-corrected chi connectivity index (χ4v) is 2.01. The summed E-state index contributed by atoms with van der Waals surface area (Å²) >= 11 is 0. The second-order valence-electron chi connectivity index (χ2n) is 4.87. The molecule has 0 saturated carbocycles. The Hall–Kier alpha value is -0.120. The zero-order valence-corrected chi connectivity index (χ0v) is 9.75. The number of nitrogens with zero attached hydrogens (tertiary/aromatic N) is 1. The van der Waals surface area contributed by atoms with E-state index < -0.39 is 0 Å². The number of nitrogens with two attached hydrogens (primary N) is 1. The molecule has 1 saturated heterocycles. The number of hydrogen-bond donors (Lipinski definition) is 1. The molecule has 0 aromatic heterocycles. The molecule has 1 heterocycles. The molecule has 84 valence electrons. The normalized spacial score (nSPS) is 32.8. The van der Waals surface area contributed by atoms with Gasteiger partial charge in [0.15, 0.2) is 0 Å². The molecule has 0 spiro atoms. The van der Waals surface area contributed by atoms with Gasteiger partial charge in [-0.3, -0.25) is 0 Å². The molecule has 1 rings (SSSR count). The highest BCUT2D eigenvalue weighted by Gasteiger charge is 2.38. The van der Waals surface area contributed by atoms with Crippen molar-refractivity contribution in [1.29, 1.82) is 0 Å². The van der Waals surface area contributed by atoms with E-state index in [4.69, 9.17) is 10.5 Å². The summed E-state index contributed by atoms with van der Waals surface area (Å²) in [6, 6.07) is 0.201. The van der Waals surface area contributed by atoms with Crippen LogP contribution in [0.25, 0.3) is 0 Å². The molecule has 1 aliphatic rings. The van der Waals surface area contributed by atoms with Crippen LogP contribution in [0.2, 0.25) is 0 Å². The zero-order valence-electron chi connectivity index (χ0n) is 9.75. The topological polar surface area (TPSA) is 38.5 Å². The van der Waals surface area contributed by atoms with Gasteiger partial charge in [0.05, 0.1) is 13.2 Å². The van der Waals surface area contributed by atoms with Gasteiger partial charge in [-0.05, 0) is 20.0 Å². The summed E-state index contributed by atoms with van der Waals surface area (Å²) in [5, 5.41) is 0. The first-order valence-corrected chi connectivity index (χ1v) is 5.60. The largest absolute Gasteiger partial charge is 0.379 e. The smallest absolute Gasteiger partial charge is 0.0624 e. The molecular weight excluding hydrogens is 176 g/mol. The van der Waals surface area contributed by atoms with Crippen LogP contribution < -0.4 is 5.73 Å². The SMILES string of the molecule is CCCCN(C)CC1(C)COCC1N. The van der Waals surface area contributed by atoms with E-state index in [1.54, 1.807) is 0 Å². The van der Waals surface area contributed by atoms with E-state index in [0.29, 0.717) is 0 Å². The lowest BCUT2D eigenvalue weighted by atomic mass is 9.85. The van der Waals surface area contributed by atoms with Crippen LogP contribution in [-0.4, -0.2) is 44.3 Å². The lowest BCUT2D eigenvalue weighted by Gasteiger charge is -2.31. The lowest BCUT2D eigenvalue weighted by molar-refractivity contribution is 0.130. The Balaban J connectivity index is 2.34. The summed E-state index contributed by atoms with van der Waals surface area (Å²) < 4.78 is 5.43. The van der Waals surface area contributed by atoms with Crippen molar-refractivity contribution in [3.63, 3.8) is 0 Å². The highest BCUT2D eigenvalue weighted by molar-refractivity contribution is 4.91. The number of rotatable bonds is 5. The Morgan fingerprint density at radius 3 is 2.79 bits per heavy atom. The van der Waals surface area contributed by atoms with Crippen molar-refractivity contribution in [1.82, 2.24) is 4.90 Å². The van der Waals surface area contributed by atoms with Crippen LogP contribution in [0.4, 0.5) is 0 Å². The molecule has 0 aliphatic carbocycles. The Morgan fingerprint density at radius 1 is 1.57 bits per heavy atom. The van der Waals surface area contributed by atoms with E-state index in [1.807, 2.05) is 0 Å². The molecule has 2 unspecified atom stereocenters. The van der Waals surface area contributed by atoms with Crippen molar-refractivity contribution in [3.05, 3.63) is 0 Å². The van der Waals surface area contributed by atoms with Crippen molar-refractivity contribution < 1.29 is 4.74 Å². The van der Waals surface area contributed by atoms with Gasteiger partial charge in [0.1, 0.15) is 0 Å². The second-order valence-corrected chi connectivity index (χ2v) is 4.87. The minimum absolute atomic E-state index is 0.155. The second kappa shape index (κ2) is 5.10. The predicted octanol–water partition coefficient (Wildman–Crippen LogP) is 1.08. The van der Waals surface area contributed by atoms with E-state index in [1.165, 1.54) is 19.4 Å². The predicted molar refractivity (Wildman–Crippen MR) is 59.3 cm³/mol. The molecule has 3 heteroatoms. The molecule has 0 bridgehead atoms.